The fraction of sp³-hybridized carbons (Fsp3) is 0.0769. The van der Waals surface area contributed by atoms with Crippen molar-refractivity contribution < 1.29 is 4.79 Å². The number of carbonyl (C=O) groups excluding carboxylic acids is 1. The molecule has 1 unspecified atom stereocenters. The van der Waals surface area contributed by atoms with E-state index in [0.717, 1.165) is 10.0 Å². The van der Waals surface area contributed by atoms with Crippen LogP contribution in [0.25, 0.3) is 0 Å². The second-order valence-electron chi connectivity index (χ2n) is 3.64. The molecule has 0 saturated heterocycles. The fourth-order valence-electron chi connectivity index (χ4n) is 1.71. The molecule has 1 amide bonds. The van der Waals surface area contributed by atoms with Crippen LogP contribution < -0.4 is 5.73 Å². The second-order valence-corrected chi connectivity index (χ2v) is 4.56. The predicted molar refractivity (Wildman–Crippen MR) is 69.4 cm³/mol. The third-order valence-corrected chi connectivity index (χ3v) is 2.95. The van der Waals surface area contributed by atoms with Crippen LogP contribution in [0.4, 0.5) is 0 Å². The number of benzene rings is 1. The van der Waals surface area contributed by atoms with E-state index in [1.165, 1.54) is 0 Å². The first-order chi connectivity index (χ1) is 8.18. The molecule has 3 nitrogen and oxygen atoms in total. The lowest BCUT2D eigenvalue weighted by Crippen LogP contribution is -2.23. The van der Waals surface area contributed by atoms with Crippen molar-refractivity contribution in [1.29, 1.82) is 0 Å². The van der Waals surface area contributed by atoms with Gasteiger partial charge in [-0.05, 0) is 17.7 Å². The van der Waals surface area contributed by atoms with Crippen molar-refractivity contribution in [2.45, 2.75) is 5.92 Å². The quantitative estimate of drug-likeness (QED) is 0.944. The lowest BCUT2D eigenvalue weighted by Gasteiger charge is -2.13. The summed E-state index contributed by atoms with van der Waals surface area (Å²) in [4.78, 5) is 15.8. The fourth-order valence-corrected chi connectivity index (χ4v) is 2.06. The average molecular weight is 291 g/mol. The van der Waals surface area contributed by atoms with Gasteiger partial charge in [0.25, 0.3) is 0 Å². The molecule has 2 rings (SSSR count). The summed E-state index contributed by atoms with van der Waals surface area (Å²) < 4.78 is 0.879. The van der Waals surface area contributed by atoms with Gasteiger partial charge in [0.1, 0.15) is 5.92 Å². The molecule has 1 aromatic heterocycles. The summed E-state index contributed by atoms with van der Waals surface area (Å²) in [5, 5.41) is 0. The maximum atomic E-state index is 11.6. The monoisotopic (exact) mass is 290 g/mol. The van der Waals surface area contributed by atoms with Gasteiger partial charge < -0.3 is 5.73 Å². The summed E-state index contributed by atoms with van der Waals surface area (Å²) in [6.45, 7) is 0. The number of aromatic nitrogens is 1. The molecule has 0 saturated carbocycles. The number of hydrogen-bond donors (Lipinski definition) is 1. The highest BCUT2D eigenvalue weighted by Crippen LogP contribution is 2.24. The van der Waals surface area contributed by atoms with Gasteiger partial charge in [0.2, 0.25) is 5.91 Å². The molecule has 1 aromatic carbocycles. The highest BCUT2D eigenvalue weighted by molar-refractivity contribution is 9.10. The Labute approximate surface area is 108 Å². The summed E-state index contributed by atoms with van der Waals surface area (Å²) in [5.41, 5.74) is 6.96. The van der Waals surface area contributed by atoms with E-state index in [1.807, 2.05) is 42.5 Å². The molecule has 0 spiro atoms. The molecule has 0 fully saturated rings. The van der Waals surface area contributed by atoms with Crippen molar-refractivity contribution >= 4 is 21.8 Å². The predicted octanol–water partition coefficient (Wildman–Crippen LogP) is 2.46. The van der Waals surface area contributed by atoms with Gasteiger partial charge in [0.15, 0.2) is 0 Å². The average Bonchev–Trinajstić information content (AvgIpc) is 2.30. The van der Waals surface area contributed by atoms with Crippen molar-refractivity contribution in [3.8, 4) is 0 Å². The van der Waals surface area contributed by atoms with E-state index in [4.69, 9.17) is 5.73 Å². The van der Waals surface area contributed by atoms with E-state index in [0.29, 0.717) is 5.69 Å². The molecule has 4 heteroatoms. The number of halogens is 1. The van der Waals surface area contributed by atoms with Gasteiger partial charge in [-0.2, -0.15) is 0 Å². The van der Waals surface area contributed by atoms with E-state index in [9.17, 15) is 4.79 Å². The van der Waals surface area contributed by atoms with Gasteiger partial charge in [-0.25, -0.2) is 0 Å². The number of rotatable bonds is 3. The second kappa shape index (κ2) is 5.10. The topological polar surface area (TPSA) is 56.0 Å². The van der Waals surface area contributed by atoms with Gasteiger partial charge in [0.05, 0.1) is 5.69 Å². The maximum Gasteiger partial charge on any atom is 0.231 e. The molecule has 1 atom stereocenters. The number of pyridine rings is 1. The van der Waals surface area contributed by atoms with Crippen LogP contribution in [0, 0.1) is 0 Å². The van der Waals surface area contributed by atoms with Crippen molar-refractivity contribution in [2.24, 2.45) is 5.73 Å². The van der Waals surface area contributed by atoms with Crippen LogP contribution >= 0.6 is 15.9 Å². The van der Waals surface area contributed by atoms with Gasteiger partial charge in [-0.1, -0.05) is 46.3 Å². The Hall–Kier alpha value is -1.68. The van der Waals surface area contributed by atoms with Crippen molar-refractivity contribution in [1.82, 2.24) is 4.98 Å². The van der Waals surface area contributed by atoms with E-state index in [2.05, 4.69) is 20.9 Å². The highest BCUT2D eigenvalue weighted by atomic mass is 79.9. The lowest BCUT2D eigenvalue weighted by molar-refractivity contribution is -0.118. The minimum absolute atomic E-state index is 0.401. The molecule has 1 heterocycles. The molecule has 0 radical (unpaired) electrons. The standard InChI is InChI=1S/C13H11BrN2O/c14-10-6-7-16-11(8-10)12(13(15)17)9-4-2-1-3-5-9/h1-8,12H,(H2,15,17). The molecule has 0 aliphatic carbocycles. The van der Waals surface area contributed by atoms with E-state index in [1.54, 1.807) is 6.20 Å². The Bertz CT molecular complexity index is 528. The summed E-state index contributed by atoms with van der Waals surface area (Å²) in [6.07, 6.45) is 1.65. The SMILES string of the molecule is NC(=O)C(c1ccccc1)c1cc(Br)ccn1. The third-order valence-electron chi connectivity index (χ3n) is 2.46. The van der Waals surface area contributed by atoms with Crippen LogP contribution in [0.15, 0.2) is 53.1 Å². The molecular weight excluding hydrogens is 280 g/mol. The number of amides is 1. The summed E-state index contributed by atoms with van der Waals surface area (Å²) >= 11 is 3.36. The Balaban J connectivity index is 2.47. The van der Waals surface area contributed by atoms with Crippen LogP contribution in [0.3, 0.4) is 0 Å². The number of nitrogens with zero attached hydrogens (tertiary/aromatic N) is 1. The lowest BCUT2D eigenvalue weighted by atomic mass is 9.95. The molecule has 2 N–H and O–H groups in total. The van der Waals surface area contributed by atoms with Crippen LogP contribution in [-0.4, -0.2) is 10.9 Å². The molecule has 86 valence electrons. The number of hydrogen-bond acceptors (Lipinski definition) is 2. The largest absolute Gasteiger partial charge is 0.369 e. The van der Waals surface area contributed by atoms with Gasteiger partial charge in [-0.3, -0.25) is 9.78 Å². The smallest absolute Gasteiger partial charge is 0.231 e. The minimum atomic E-state index is -0.506. The van der Waals surface area contributed by atoms with Crippen LogP contribution in [0.2, 0.25) is 0 Å². The van der Waals surface area contributed by atoms with Gasteiger partial charge in [0, 0.05) is 10.7 Å². The Morgan fingerprint density at radius 1 is 1.24 bits per heavy atom. The first-order valence-electron chi connectivity index (χ1n) is 5.14. The maximum absolute atomic E-state index is 11.6. The van der Waals surface area contributed by atoms with Crippen molar-refractivity contribution in [2.75, 3.05) is 0 Å². The van der Waals surface area contributed by atoms with Gasteiger partial charge in [-0.15, -0.1) is 0 Å². The minimum Gasteiger partial charge on any atom is -0.369 e. The van der Waals surface area contributed by atoms with Crippen LogP contribution in [-0.2, 0) is 4.79 Å². The first-order valence-corrected chi connectivity index (χ1v) is 5.93. The Kier molecular flexibility index (Phi) is 3.54. The zero-order valence-electron chi connectivity index (χ0n) is 9.01. The number of primary amides is 1. The van der Waals surface area contributed by atoms with Crippen molar-refractivity contribution in [3.63, 3.8) is 0 Å². The number of carbonyl (C=O) groups is 1. The third kappa shape index (κ3) is 2.71. The van der Waals surface area contributed by atoms with Crippen LogP contribution in [0.1, 0.15) is 17.2 Å². The molecular formula is C13H11BrN2O. The molecule has 17 heavy (non-hydrogen) atoms. The van der Waals surface area contributed by atoms with Crippen molar-refractivity contribution in [3.05, 3.63) is 64.4 Å². The number of nitrogens with two attached hydrogens (primary N) is 1. The van der Waals surface area contributed by atoms with E-state index < -0.39 is 11.8 Å². The first kappa shape index (κ1) is 11.8. The summed E-state index contributed by atoms with van der Waals surface area (Å²) in [6, 6.07) is 13.0. The van der Waals surface area contributed by atoms with Gasteiger partial charge >= 0.3 is 0 Å². The molecule has 2 aromatic rings. The van der Waals surface area contributed by atoms with E-state index in [-0.39, 0.29) is 0 Å². The van der Waals surface area contributed by atoms with E-state index >= 15 is 0 Å². The molecule has 0 aliphatic rings. The Morgan fingerprint density at radius 2 is 1.94 bits per heavy atom. The normalized spacial score (nSPS) is 12.1. The molecule has 0 aliphatic heterocycles. The summed E-state index contributed by atoms with van der Waals surface area (Å²) in [5.74, 6) is -0.907. The molecule has 0 bridgehead atoms. The zero-order chi connectivity index (χ0) is 12.3. The van der Waals surface area contributed by atoms with Crippen LogP contribution in [0.5, 0.6) is 0 Å². The summed E-state index contributed by atoms with van der Waals surface area (Å²) in [7, 11) is 0. The highest BCUT2D eigenvalue weighted by Gasteiger charge is 2.21. The Morgan fingerprint density at radius 3 is 2.53 bits per heavy atom. The zero-order valence-corrected chi connectivity index (χ0v) is 10.6.